The summed E-state index contributed by atoms with van der Waals surface area (Å²) in [4.78, 5) is 0. The summed E-state index contributed by atoms with van der Waals surface area (Å²) in [6.45, 7) is 0.894. The van der Waals surface area contributed by atoms with Crippen LogP contribution >= 0.6 is 11.6 Å². The van der Waals surface area contributed by atoms with Crippen molar-refractivity contribution in [1.82, 2.24) is 0 Å². The van der Waals surface area contributed by atoms with Crippen molar-refractivity contribution in [3.05, 3.63) is 136 Å². The summed E-state index contributed by atoms with van der Waals surface area (Å²) >= 11 is 6.68. The lowest BCUT2D eigenvalue weighted by Crippen LogP contribution is -2.62. The predicted molar refractivity (Wildman–Crippen MR) is 172 cm³/mol. The van der Waals surface area contributed by atoms with Gasteiger partial charge in [0.1, 0.15) is 11.9 Å². The van der Waals surface area contributed by atoms with Crippen LogP contribution in [0.2, 0.25) is 5.02 Å². The summed E-state index contributed by atoms with van der Waals surface area (Å²) in [5, 5.41) is 10.9. The number of methoxy groups -OCH3 is 1. The van der Waals surface area contributed by atoms with Gasteiger partial charge in [0.15, 0.2) is 6.61 Å². The number of ether oxygens (including phenoxy) is 5. The topological polar surface area (TPSA) is 66.4 Å². The van der Waals surface area contributed by atoms with Gasteiger partial charge in [0.2, 0.25) is 5.79 Å². The van der Waals surface area contributed by atoms with Gasteiger partial charge in [-0.2, -0.15) is 13.2 Å². The van der Waals surface area contributed by atoms with Crippen molar-refractivity contribution in [2.75, 3.05) is 20.3 Å². The van der Waals surface area contributed by atoms with Crippen molar-refractivity contribution in [2.24, 2.45) is 5.92 Å². The lowest BCUT2D eigenvalue weighted by Gasteiger charge is -2.51. The third kappa shape index (κ3) is 8.73. The molecule has 0 radical (unpaired) electrons. The molecule has 0 unspecified atom stereocenters. The van der Waals surface area contributed by atoms with Crippen molar-refractivity contribution < 1.29 is 42.0 Å². The highest BCUT2D eigenvalue weighted by Gasteiger charge is 2.56. The minimum Gasteiger partial charge on any atom is -0.484 e. The quantitative estimate of drug-likeness (QED) is 0.156. The second-order valence-corrected chi connectivity index (χ2v) is 12.0. The third-order valence-electron chi connectivity index (χ3n) is 8.31. The van der Waals surface area contributed by atoms with Crippen molar-refractivity contribution in [3.63, 3.8) is 0 Å². The molecule has 0 aliphatic carbocycles. The largest absolute Gasteiger partial charge is 0.484 e. The fourth-order valence-corrected chi connectivity index (χ4v) is 5.99. The number of halogens is 4. The Bertz CT molecular complexity index is 1550. The molecule has 1 aliphatic heterocycles. The van der Waals surface area contributed by atoms with E-state index in [0.717, 1.165) is 22.3 Å². The van der Waals surface area contributed by atoms with E-state index in [2.05, 4.69) is 0 Å². The molecule has 0 spiro atoms. The van der Waals surface area contributed by atoms with E-state index in [9.17, 15) is 18.3 Å². The first-order chi connectivity index (χ1) is 22.6. The van der Waals surface area contributed by atoms with Gasteiger partial charge in [-0.15, -0.1) is 0 Å². The summed E-state index contributed by atoms with van der Waals surface area (Å²) in [6.07, 6.45) is -6.02. The van der Waals surface area contributed by atoms with Crippen molar-refractivity contribution >= 4 is 11.6 Å². The lowest BCUT2D eigenvalue weighted by molar-refractivity contribution is -0.372. The molecule has 1 aliphatic rings. The molecule has 6 nitrogen and oxygen atoms in total. The van der Waals surface area contributed by atoms with Crippen LogP contribution in [0.25, 0.3) is 0 Å². The Morgan fingerprint density at radius 1 is 0.830 bits per heavy atom. The molecule has 5 rings (SSSR count). The number of hydrogen-bond donors (Lipinski definition) is 1. The van der Waals surface area contributed by atoms with E-state index < -0.39 is 36.9 Å². The molecule has 0 bridgehead atoms. The second-order valence-electron chi connectivity index (χ2n) is 11.6. The standard InChI is InChI=1S/C37H38ClF3O6/c1-25-33(21-42)47-37(43-2,35(45-23-28-11-7-4-8-12-28)34(25)44-22-27-9-5-3-6-10-27)30-15-18-32(38)29(20-30)19-26-13-16-31(17-14-26)46-24-36(39,40)41/h3-18,20,25,33-35,42H,19,21-24H2,1-2H3/t25-,33-,34+,35-,37+/m1/s1. The molecule has 0 aromatic heterocycles. The van der Waals surface area contributed by atoms with Crippen LogP contribution in [-0.2, 0) is 44.4 Å². The van der Waals surface area contributed by atoms with Gasteiger partial charge in [-0.3, -0.25) is 0 Å². The highest BCUT2D eigenvalue weighted by molar-refractivity contribution is 6.31. The number of rotatable bonds is 13. The first kappa shape index (κ1) is 34.9. The Morgan fingerprint density at radius 3 is 2.02 bits per heavy atom. The van der Waals surface area contributed by atoms with E-state index in [1.54, 1.807) is 24.3 Å². The summed E-state index contributed by atoms with van der Waals surface area (Å²) in [5.74, 6) is -1.65. The molecule has 47 heavy (non-hydrogen) atoms. The zero-order valence-corrected chi connectivity index (χ0v) is 26.9. The third-order valence-corrected chi connectivity index (χ3v) is 8.68. The molecule has 1 N–H and O–H groups in total. The Hall–Kier alpha value is -3.44. The van der Waals surface area contributed by atoms with Crippen LogP contribution in [0.3, 0.4) is 0 Å². The maximum absolute atomic E-state index is 12.6. The molecule has 1 heterocycles. The molecule has 5 atom stereocenters. The van der Waals surface area contributed by atoms with Crippen LogP contribution in [-0.4, -0.2) is 49.9 Å². The highest BCUT2D eigenvalue weighted by Crippen LogP contribution is 2.45. The first-order valence-electron chi connectivity index (χ1n) is 15.3. The number of aliphatic hydroxyl groups excluding tert-OH is 1. The second kappa shape index (κ2) is 15.6. The molecule has 1 fully saturated rings. The van der Waals surface area contributed by atoms with Gasteiger partial charge in [-0.1, -0.05) is 97.4 Å². The summed E-state index contributed by atoms with van der Waals surface area (Å²) in [6, 6.07) is 31.4. The van der Waals surface area contributed by atoms with Gasteiger partial charge < -0.3 is 28.8 Å². The molecule has 1 saturated heterocycles. The molecule has 4 aromatic carbocycles. The monoisotopic (exact) mass is 670 g/mol. The highest BCUT2D eigenvalue weighted by atomic mass is 35.5. The fraction of sp³-hybridized carbons (Fsp3) is 0.351. The summed E-state index contributed by atoms with van der Waals surface area (Å²) in [5.41, 5.74) is 4.09. The van der Waals surface area contributed by atoms with E-state index in [-0.39, 0.29) is 24.9 Å². The van der Waals surface area contributed by atoms with Crippen LogP contribution in [0.5, 0.6) is 5.75 Å². The molecular weight excluding hydrogens is 633 g/mol. The molecule has 10 heteroatoms. The van der Waals surface area contributed by atoms with Gasteiger partial charge in [0, 0.05) is 23.6 Å². The van der Waals surface area contributed by atoms with E-state index in [0.29, 0.717) is 23.6 Å². The van der Waals surface area contributed by atoms with Crippen LogP contribution in [0.4, 0.5) is 13.2 Å². The zero-order valence-electron chi connectivity index (χ0n) is 26.2. The average molecular weight is 671 g/mol. The molecular formula is C37H38ClF3O6. The van der Waals surface area contributed by atoms with E-state index >= 15 is 0 Å². The average Bonchev–Trinajstić information content (AvgIpc) is 3.08. The van der Waals surface area contributed by atoms with Crippen molar-refractivity contribution in [2.45, 2.75) is 56.8 Å². The zero-order chi connectivity index (χ0) is 33.4. The van der Waals surface area contributed by atoms with Crippen LogP contribution < -0.4 is 4.74 Å². The molecule has 4 aromatic rings. The summed E-state index contributed by atoms with van der Waals surface area (Å²) in [7, 11) is 1.53. The number of benzene rings is 4. The van der Waals surface area contributed by atoms with Crippen molar-refractivity contribution in [3.8, 4) is 5.75 Å². The molecule has 0 saturated carbocycles. The van der Waals surface area contributed by atoms with Gasteiger partial charge in [0.25, 0.3) is 0 Å². The number of hydrogen-bond acceptors (Lipinski definition) is 6. The molecule has 0 amide bonds. The lowest BCUT2D eigenvalue weighted by atomic mass is 9.82. The number of aliphatic hydroxyl groups is 1. The van der Waals surface area contributed by atoms with Gasteiger partial charge >= 0.3 is 6.18 Å². The Morgan fingerprint density at radius 2 is 1.45 bits per heavy atom. The number of alkyl halides is 3. The minimum absolute atomic E-state index is 0.115. The van der Waals surface area contributed by atoms with Crippen LogP contribution in [0, 0.1) is 5.92 Å². The maximum atomic E-state index is 12.6. The Labute approximate surface area is 278 Å². The Kier molecular flexibility index (Phi) is 11.6. The maximum Gasteiger partial charge on any atom is 0.422 e. The smallest absolute Gasteiger partial charge is 0.422 e. The Balaban J connectivity index is 1.48. The van der Waals surface area contributed by atoms with Gasteiger partial charge in [-0.25, -0.2) is 0 Å². The fourth-order valence-electron chi connectivity index (χ4n) is 5.81. The van der Waals surface area contributed by atoms with E-state index in [1.165, 1.54) is 19.2 Å². The minimum atomic E-state index is -4.42. The summed E-state index contributed by atoms with van der Waals surface area (Å²) < 4.78 is 68.8. The van der Waals surface area contributed by atoms with Crippen LogP contribution in [0.15, 0.2) is 103 Å². The normalized spacial score (nSPS) is 23.0. The van der Waals surface area contributed by atoms with E-state index in [4.69, 9.17) is 35.3 Å². The van der Waals surface area contributed by atoms with Gasteiger partial charge in [-0.05, 0) is 52.9 Å². The van der Waals surface area contributed by atoms with Crippen molar-refractivity contribution in [1.29, 1.82) is 0 Å². The molecule has 250 valence electrons. The van der Waals surface area contributed by atoms with E-state index in [1.807, 2.05) is 73.7 Å². The van der Waals surface area contributed by atoms with Gasteiger partial charge in [0.05, 0.1) is 32.0 Å². The predicted octanol–water partition coefficient (Wildman–Crippen LogP) is 7.87. The first-order valence-corrected chi connectivity index (χ1v) is 15.7. The SMILES string of the molecule is CO[C@@]1(c2ccc(Cl)c(Cc3ccc(OCC(F)(F)F)cc3)c2)O[C@H](CO)[C@@H](C)[C@H](OCc2ccccc2)[C@H]1OCc1ccccc1. The van der Waals surface area contributed by atoms with Crippen LogP contribution in [0.1, 0.15) is 34.7 Å².